The molecule has 1 aliphatic heterocycles. The largest absolute Gasteiger partial charge is 0.348 e. The van der Waals surface area contributed by atoms with Crippen molar-refractivity contribution in [1.82, 2.24) is 20.0 Å². The van der Waals surface area contributed by atoms with Crippen molar-refractivity contribution in [2.24, 2.45) is 0 Å². The zero-order valence-corrected chi connectivity index (χ0v) is 19.4. The van der Waals surface area contributed by atoms with Crippen molar-refractivity contribution < 1.29 is 24.4 Å². The van der Waals surface area contributed by atoms with Gasteiger partial charge in [-0.2, -0.15) is 0 Å². The number of benzene rings is 2. The lowest BCUT2D eigenvalue weighted by molar-refractivity contribution is -0.172. The zero-order chi connectivity index (χ0) is 24.5. The van der Waals surface area contributed by atoms with E-state index in [9.17, 15) is 24.4 Å². The number of hydrogen-bond acceptors (Lipinski definition) is 5. The Hall–Kier alpha value is -3.56. The van der Waals surface area contributed by atoms with Crippen LogP contribution in [0.5, 0.6) is 0 Å². The van der Waals surface area contributed by atoms with E-state index in [0.29, 0.717) is 11.1 Å². The van der Waals surface area contributed by atoms with Gasteiger partial charge >= 0.3 is 5.91 Å². The van der Waals surface area contributed by atoms with Crippen LogP contribution in [0, 0.1) is 0 Å². The number of hydrazine groups is 1. The molecule has 0 aliphatic carbocycles. The van der Waals surface area contributed by atoms with Crippen LogP contribution in [-0.2, 0) is 14.4 Å². The Morgan fingerprint density at radius 3 is 2.15 bits per heavy atom. The van der Waals surface area contributed by atoms with Gasteiger partial charge in [0.05, 0.1) is 6.92 Å². The summed E-state index contributed by atoms with van der Waals surface area (Å²) in [4.78, 5) is 52.3. The first-order valence-corrected chi connectivity index (χ1v) is 10.7. The van der Waals surface area contributed by atoms with Gasteiger partial charge in [0.25, 0.3) is 17.7 Å². The van der Waals surface area contributed by atoms with E-state index in [2.05, 4.69) is 5.32 Å². The monoisotopic (exact) mass is 453 g/mol. The summed E-state index contributed by atoms with van der Waals surface area (Å²) in [6.07, 6.45) is 0. The number of hydroxylamine groups is 2. The minimum atomic E-state index is -1.27. The lowest BCUT2D eigenvalue weighted by Gasteiger charge is -2.35. The summed E-state index contributed by atoms with van der Waals surface area (Å²) < 4.78 is -1.26. The molecule has 1 aliphatic rings. The van der Waals surface area contributed by atoms with Gasteiger partial charge in [-0.3, -0.25) is 19.4 Å². The number of carbonyl (C=O) groups excluding carboxylic acids is 4. The molecule has 1 heterocycles. The van der Waals surface area contributed by atoms with Gasteiger partial charge in [-0.25, -0.2) is 15.0 Å². The molecule has 9 heteroatoms. The third-order valence-corrected chi connectivity index (χ3v) is 5.94. The molecule has 9 nitrogen and oxygen atoms in total. The van der Waals surface area contributed by atoms with E-state index in [4.69, 9.17) is 0 Å². The fraction of sp³-hybridized carbons (Fsp3) is 0.333. The molecule has 174 valence electrons. The lowest BCUT2D eigenvalue weighted by Crippen LogP contribution is -2.62. The van der Waals surface area contributed by atoms with E-state index in [-0.39, 0.29) is 17.6 Å². The van der Waals surface area contributed by atoms with Crippen LogP contribution < -0.4 is 9.96 Å². The summed E-state index contributed by atoms with van der Waals surface area (Å²) in [7, 11) is 1.47. The molecule has 0 aromatic heterocycles. The van der Waals surface area contributed by atoms with Crippen LogP contribution in [0.15, 0.2) is 54.6 Å². The highest BCUT2D eigenvalue weighted by Gasteiger charge is 2.47. The minimum absolute atomic E-state index is 0.221. The van der Waals surface area contributed by atoms with E-state index in [1.54, 1.807) is 68.4 Å². The Bertz CT molecular complexity index is 1090. The summed E-state index contributed by atoms with van der Waals surface area (Å²) in [5, 5.41) is 16.4. The van der Waals surface area contributed by atoms with Gasteiger partial charge in [-0.1, -0.05) is 41.0 Å². The molecule has 0 unspecified atom stereocenters. The summed E-state index contributed by atoms with van der Waals surface area (Å²) in [6, 6.07) is 12.0. The van der Waals surface area contributed by atoms with Crippen LogP contribution in [0.3, 0.4) is 0 Å². The molecule has 0 fully saturated rings. The molecule has 0 spiro atoms. The third-order valence-electron chi connectivity index (χ3n) is 5.94. The molecule has 0 saturated heterocycles. The quantitative estimate of drug-likeness (QED) is 0.411. The summed E-state index contributed by atoms with van der Waals surface area (Å²) in [6.45, 7) is 6.17. The SMILES string of the molecule is CC(=O)[N@+](O)(c1ccccc1)[C@@H](C)C(=O)N[C@@H]1C(=O)N(C)N(C(C)C)C(=O)c2ccccc21. The minimum Gasteiger partial charge on any atom is -0.335 e. The molecule has 4 amide bonds. The molecule has 0 radical (unpaired) electrons. The standard InChI is InChI=1S/C24H28N4O5/c1-15(2)27-23(31)20-14-10-9-13-19(20)21(24(32)26(27)5)25-22(30)16(3)28(33,17(4)29)18-11-7-6-8-12-18/h6-16,21,33H,1-5H3/p+1/t16-,21-,28-/m0/s1. The second-order valence-electron chi connectivity index (χ2n) is 8.35. The van der Waals surface area contributed by atoms with E-state index in [0.717, 1.165) is 0 Å². The molecule has 2 N–H and O–H groups in total. The summed E-state index contributed by atoms with van der Waals surface area (Å²) in [5.41, 5.74) is 0.862. The Balaban J connectivity index is 2.01. The van der Waals surface area contributed by atoms with Crippen LogP contribution >= 0.6 is 0 Å². The Labute approximate surface area is 192 Å². The Kier molecular flexibility index (Phi) is 6.66. The van der Waals surface area contributed by atoms with Gasteiger partial charge in [0.1, 0.15) is 6.04 Å². The van der Waals surface area contributed by atoms with Crippen molar-refractivity contribution in [3.8, 4) is 0 Å². The van der Waals surface area contributed by atoms with Gasteiger partial charge in [0, 0.05) is 37.7 Å². The number of quaternary nitrogens is 1. The van der Waals surface area contributed by atoms with E-state index >= 15 is 0 Å². The summed E-state index contributed by atoms with van der Waals surface area (Å²) in [5.74, 6) is -2.25. The number of rotatable bonds is 5. The van der Waals surface area contributed by atoms with Crippen molar-refractivity contribution in [3.05, 3.63) is 65.7 Å². The first-order valence-electron chi connectivity index (χ1n) is 10.7. The van der Waals surface area contributed by atoms with Crippen LogP contribution in [0.4, 0.5) is 5.69 Å². The average molecular weight is 454 g/mol. The van der Waals surface area contributed by atoms with Gasteiger partial charge < -0.3 is 5.32 Å². The fourth-order valence-corrected chi connectivity index (χ4v) is 4.12. The Morgan fingerprint density at radius 1 is 1.00 bits per heavy atom. The molecular formula is C24H29N4O5+. The second kappa shape index (κ2) is 9.13. The third kappa shape index (κ3) is 4.12. The number of nitrogens with one attached hydrogen (secondary N) is 1. The van der Waals surface area contributed by atoms with Crippen LogP contribution in [0.25, 0.3) is 0 Å². The maximum Gasteiger partial charge on any atom is 0.348 e. The van der Waals surface area contributed by atoms with Gasteiger partial charge in [0.15, 0.2) is 5.69 Å². The lowest BCUT2D eigenvalue weighted by atomic mass is 9.99. The molecule has 0 saturated carbocycles. The van der Waals surface area contributed by atoms with Gasteiger partial charge in [0.2, 0.25) is 6.04 Å². The number of fused-ring (bicyclic) bond motifs is 1. The van der Waals surface area contributed by atoms with Crippen molar-refractivity contribution in [1.29, 1.82) is 0 Å². The van der Waals surface area contributed by atoms with E-state index < -0.39 is 34.5 Å². The first kappa shape index (κ1) is 24.1. The predicted molar refractivity (Wildman–Crippen MR) is 122 cm³/mol. The second-order valence-corrected chi connectivity index (χ2v) is 8.35. The van der Waals surface area contributed by atoms with Gasteiger partial charge in [-0.05, 0) is 25.5 Å². The van der Waals surface area contributed by atoms with Crippen molar-refractivity contribution in [2.45, 2.75) is 45.8 Å². The fourth-order valence-electron chi connectivity index (χ4n) is 4.12. The van der Waals surface area contributed by atoms with Gasteiger partial charge in [-0.15, -0.1) is 0 Å². The number of carbonyl (C=O) groups is 4. The van der Waals surface area contributed by atoms with Crippen LogP contribution in [-0.4, -0.2) is 58.0 Å². The highest BCUT2D eigenvalue weighted by molar-refractivity contribution is 6.03. The number of nitrogens with zero attached hydrogens (tertiary/aromatic N) is 3. The van der Waals surface area contributed by atoms with Crippen molar-refractivity contribution in [2.75, 3.05) is 7.05 Å². The van der Waals surface area contributed by atoms with E-state index in [1.165, 1.54) is 30.9 Å². The molecule has 33 heavy (non-hydrogen) atoms. The average Bonchev–Trinajstić information content (AvgIpc) is 2.87. The van der Waals surface area contributed by atoms with E-state index in [1.807, 2.05) is 0 Å². The topological polar surface area (TPSA) is 107 Å². The Morgan fingerprint density at radius 2 is 1.58 bits per heavy atom. The number of hydrogen-bond donors (Lipinski definition) is 2. The first-order chi connectivity index (χ1) is 15.5. The molecule has 2 aromatic carbocycles. The number of para-hydroxylation sites is 1. The molecule has 0 bridgehead atoms. The highest BCUT2D eigenvalue weighted by Crippen LogP contribution is 2.29. The smallest absolute Gasteiger partial charge is 0.335 e. The van der Waals surface area contributed by atoms with Crippen molar-refractivity contribution in [3.63, 3.8) is 0 Å². The normalized spacial score (nSPS) is 18.9. The highest BCUT2D eigenvalue weighted by atomic mass is 16.6. The molecule has 3 rings (SSSR count). The maximum absolute atomic E-state index is 13.4. The van der Waals surface area contributed by atoms with Crippen LogP contribution in [0.1, 0.15) is 49.7 Å². The molecular weight excluding hydrogens is 424 g/mol. The zero-order valence-electron chi connectivity index (χ0n) is 19.4. The molecule has 2 aromatic rings. The number of likely N-dealkylation sites (N-methyl/N-ethyl adjacent to an activating group) is 1. The maximum atomic E-state index is 13.4. The number of amides is 4. The van der Waals surface area contributed by atoms with Crippen LogP contribution in [0.2, 0.25) is 0 Å². The van der Waals surface area contributed by atoms with Crippen molar-refractivity contribution >= 4 is 29.3 Å². The predicted octanol–water partition coefficient (Wildman–Crippen LogP) is 2.41. The summed E-state index contributed by atoms with van der Waals surface area (Å²) >= 11 is 0. The molecule has 3 atom stereocenters.